The van der Waals surface area contributed by atoms with Gasteiger partial charge < -0.3 is 10.2 Å². The third-order valence-electron chi connectivity index (χ3n) is 5.12. The molecule has 0 bridgehead atoms. The molecule has 0 saturated carbocycles. The second-order valence-electron chi connectivity index (χ2n) is 6.65. The third-order valence-corrected chi connectivity index (χ3v) is 5.12. The molecule has 2 aliphatic heterocycles. The Morgan fingerprint density at radius 3 is 2.44 bits per heavy atom. The topological polar surface area (TPSA) is 70.9 Å². The summed E-state index contributed by atoms with van der Waals surface area (Å²) in [5, 5.41) is 2.97. The third kappa shape index (κ3) is 3.71. The van der Waals surface area contributed by atoms with Gasteiger partial charge >= 0.3 is 0 Å². The monoisotopic (exact) mass is 348 g/mol. The van der Waals surface area contributed by atoms with Gasteiger partial charge in [0, 0.05) is 31.0 Å². The van der Waals surface area contributed by atoms with Gasteiger partial charge in [0.1, 0.15) is 5.82 Å². The molecule has 3 rings (SSSR count). The molecule has 2 saturated heterocycles. The molecule has 2 fully saturated rings. The molecule has 1 atom stereocenters. The van der Waals surface area contributed by atoms with E-state index >= 15 is 0 Å². The first-order valence-corrected chi connectivity index (χ1v) is 8.74. The van der Waals surface area contributed by atoms with Gasteiger partial charge in [0.05, 0.1) is 19.5 Å². The Morgan fingerprint density at radius 2 is 1.88 bits per heavy atom. The van der Waals surface area contributed by atoms with E-state index < -0.39 is 0 Å². The molecule has 2 aliphatic rings. The van der Waals surface area contributed by atoms with Gasteiger partial charge in [-0.2, -0.15) is 0 Å². The second kappa shape index (κ2) is 7.31. The van der Waals surface area contributed by atoms with Crippen molar-refractivity contribution in [1.29, 1.82) is 0 Å². The summed E-state index contributed by atoms with van der Waals surface area (Å²) in [5.41, 5.74) is 0.436. The fourth-order valence-corrected chi connectivity index (χ4v) is 3.69. The van der Waals surface area contributed by atoms with Crippen LogP contribution in [-0.4, -0.2) is 54.3 Å². The lowest BCUT2D eigenvalue weighted by Crippen LogP contribution is -3.17. The number of quaternary nitrogens is 1. The lowest BCUT2D eigenvalue weighted by molar-refractivity contribution is -0.920. The van der Waals surface area contributed by atoms with E-state index in [4.69, 9.17) is 0 Å². The predicted molar refractivity (Wildman–Crippen MR) is 88.4 cm³/mol. The Bertz CT molecular complexity index is 669. The number of halogens is 1. The van der Waals surface area contributed by atoms with Crippen LogP contribution in [0.2, 0.25) is 0 Å². The zero-order chi connectivity index (χ0) is 18.0. The van der Waals surface area contributed by atoms with Gasteiger partial charge in [0.2, 0.25) is 5.91 Å². The second-order valence-corrected chi connectivity index (χ2v) is 6.65. The van der Waals surface area contributed by atoms with E-state index in [1.807, 2.05) is 6.92 Å². The van der Waals surface area contributed by atoms with E-state index in [0.717, 1.165) is 30.8 Å². The van der Waals surface area contributed by atoms with Crippen molar-refractivity contribution in [3.63, 3.8) is 0 Å². The fourth-order valence-electron chi connectivity index (χ4n) is 3.69. The fraction of sp³-hybridized carbons (Fsp3) is 0.500. The summed E-state index contributed by atoms with van der Waals surface area (Å²) in [6.45, 7) is 3.73. The number of likely N-dealkylation sites (N-methyl/N-ethyl adjacent to an activating group) is 1. The van der Waals surface area contributed by atoms with Crippen molar-refractivity contribution in [3.8, 4) is 0 Å². The maximum Gasteiger partial charge on any atom is 0.287 e. The first-order valence-electron chi connectivity index (χ1n) is 8.74. The van der Waals surface area contributed by atoms with E-state index in [9.17, 15) is 18.8 Å². The summed E-state index contributed by atoms with van der Waals surface area (Å²) >= 11 is 0. The van der Waals surface area contributed by atoms with Crippen molar-refractivity contribution >= 4 is 17.7 Å². The Hall–Kier alpha value is -2.28. The molecule has 0 aliphatic carbocycles. The van der Waals surface area contributed by atoms with Crippen LogP contribution >= 0.6 is 0 Å². The first kappa shape index (κ1) is 17.5. The highest BCUT2D eigenvalue weighted by molar-refractivity contribution is 6.04. The quantitative estimate of drug-likeness (QED) is 0.737. The zero-order valence-electron chi connectivity index (χ0n) is 14.3. The SMILES string of the molecule is CCN1C(=O)C[C@H]([NH+]2CCC(NC(=O)c3ccc(F)cc3)CC2)C1=O. The molecule has 3 amide bonds. The van der Waals surface area contributed by atoms with Crippen LogP contribution in [0.4, 0.5) is 4.39 Å². The van der Waals surface area contributed by atoms with Crippen LogP contribution in [0, 0.1) is 5.82 Å². The van der Waals surface area contributed by atoms with Crippen molar-refractivity contribution in [1.82, 2.24) is 10.2 Å². The molecule has 25 heavy (non-hydrogen) atoms. The van der Waals surface area contributed by atoms with E-state index in [1.165, 1.54) is 29.2 Å². The van der Waals surface area contributed by atoms with E-state index in [1.54, 1.807) is 0 Å². The summed E-state index contributed by atoms with van der Waals surface area (Å²) in [5.74, 6) is -0.740. The minimum atomic E-state index is -0.370. The number of benzene rings is 1. The average Bonchev–Trinajstić information content (AvgIpc) is 2.90. The minimum absolute atomic E-state index is 0.0378. The molecule has 6 nitrogen and oxygen atoms in total. The number of imide groups is 1. The number of hydrogen-bond donors (Lipinski definition) is 2. The number of nitrogens with one attached hydrogen (secondary N) is 2. The van der Waals surface area contributed by atoms with Crippen LogP contribution in [0.1, 0.15) is 36.5 Å². The molecule has 134 valence electrons. The van der Waals surface area contributed by atoms with E-state index in [0.29, 0.717) is 12.1 Å². The van der Waals surface area contributed by atoms with Gasteiger partial charge in [0.15, 0.2) is 6.04 Å². The van der Waals surface area contributed by atoms with Gasteiger partial charge in [-0.3, -0.25) is 19.3 Å². The molecule has 0 radical (unpaired) electrons. The number of likely N-dealkylation sites (tertiary alicyclic amines) is 2. The van der Waals surface area contributed by atoms with Crippen LogP contribution in [0.25, 0.3) is 0 Å². The molecule has 1 aromatic carbocycles. The lowest BCUT2D eigenvalue weighted by atomic mass is 10.0. The molecular weight excluding hydrogens is 325 g/mol. The number of rotatable bonds is 4. The highest BCUT2D eigenvalue weighted by Gasteiger charge is 2.45. The van der Waals surface area contributed by atoms with Gasteiger partial charge in [-0.05, 0) is 31.2 Å². The molecule has 7 heteroatoms. The largest absolute Gasteiger partial charge is 0.349 e. The molecule has 2 N–H and O–H groups in total. The number of carbonyl (C=O) groups is 3. The van der Waals surface area contributed by atoms with Crippen LogP contribution in [0.15, 0.2) is 24.3 Å². The molecule has 1 aromatic rings. The lowest BCUT2D eigenvalue weighted by Gasteiger charge is -2.32. The number of nitrogens with zero attached hydrogens (tertiary/aromatic N) is 1. The van der Waals surface area contributed by atoms with Crippen LogP contribution in [-0.2, 0) is 9.59 Å². The van der Waals surface area contributed by atoms with E-state index in [-0.39, 0.29) is 42.0 Å². The normalized spacial score (nSPS) is 26.8. The highest BCUT2D eigenvalue weighted by atomic mass is 19.1. The summed E-state index contributed by atoms with van der Waals surface area (Å²) in [6, 6.07) is 5.23. The van der Waals surface area contributed by atoms with Gasteiger partial charge in [-0.25, -0.2) is 4.39 Å². The summed E-state index contributed by atoms with van der Waals surface area (Å²) < 4.78 is 12.9. The van der Waals surface area contributed by atoms with Crippen LogP contribution < -0.4 is 10.2 Å². The predicted octanol–water partition coefficient (Wildman–Crippen LogP) is -0.250. The zero-order valence-corrected chi connectivity index (χ0v) is 14.3. The van der Waals surface area contributed by atoms with Gasteiger partial charge in [-0.15, -0.1) is 0 Å². The Balaban J connectivity index is 1.52. The number of amides is 3. The summed E-state index contributed by atoms with van der Waals surface area (Å²) in [6.07, 6.45) is 1.80. The minimum Gasteiger partial charge on any atom is -0.349 e. The molecule has 2 heterocycles. The molecular formula is C18H23FN3O3+. The van der Waals surface area contributed by atoms with Gasteiger partial charge in [0.25, 0.3) is 11.8 Å². The average molecular weight is 348 g/mol. The molecule has 0 spiro atoms. The number of hydrogen-bond acceptors (Lipinski definition) is 3. The summed E-state index contributed by atoms with van der Waals surface area (Å²) in [7, 11) is 0. The maximum absolute atomic E-state index is 12.9. The number of carbonyl (C=O) groups excluding carboxylic acids is 3. The number of piperidine rings is 1. The standard InChI is InChI=1S/C18H22FN3O3/c1-2-22-16(23)11-15(18(22)25)21-9-7-14(8-10-21)20-17(24)12-3-5-13(19)6-4-12/h3-6,14-15H,2,7-11H2,1H3,(H,20,24)/p+1/t15-/m0/s1. The van der Waals surface area contributed by atoms with Crippen molar-refractivity contribution in [2.45, 2.75) is 38.3 Å². The smallest absolute Gasteiger partial charge is 0.287 e. The summed E-state index contributed by atoms with van der Waals surface area (Å²) in [4.78, 5) is 38.8. The van der Waals surface area contributed by atoms with Crippen LogP contribution in [0.3, 0.4) is 0 Å². The Kier molecular flexibility index (Phi) is 5.13. The Morgan fingerprint density at radius 1 is 1.24 bits per heavy atom. The molecule has 0 aromatic heterocycles. The first-order chi connectivity index (χ1) is 12.0. The van der Waals surface area contributed by atoms with Crippen molar-refractivity contribution in [2.24, 2.45) is 0 Å². The highest BCUT2D eigenvalue weighted by Crippen LogP contribution is 2.12. The molecule has 0 unspecified atom stereocenters. The van der Waals surface area contributed by atoms with Crippen molar-refractivity contribution in [2.75, 3.05) is 19.6 Å². The van der Waals surface area contributed by atoms with Crippen molar-refractivity contribution < 1.29 is 23.7 Å². The Labute approximate surface area is 146 Å². The van der Waals surface area contributed by atoms with Gasteiger partial charge in [-0.1, -0.05) is 0 Å². The van der Waals surface area contributed by atoms with Crippen molar-refractivity contribution in [3.05, 3.63) is 35.6 Å². The maximum atomic E-state index is 12.9. The van der Waals surface area contributed by atoms with E-state index in [2.05, 4.69) is 5.32 Å². The van der Waals surface area contributed by atoms with Crippen LogP contribution in [0.5, 0.6) is 0 Å².